The molecule has 0 radical (unpaired) electrons. The van der Waals surface area contributed by atoms with Crippen molar-refractivity contribution in [1.29, 1.82) is 0 Å². The van der Waals surface area contributed by atoms with Crippen LogP contribution in [-0.4, -0.2) is 22.6 Å². The van der Waals surface area contributed by atoms with Crippen LogP contribution in [-0.2, 0) is 11.2 Å². The van der Waals surface area contributed by atoms with Crippen LogP contribution in [0.25, 0.3) is 0 Å². The van der Waals surface area contributed by atoms with E-state index in [9.17, 15) is 4.79 Å². The molecular weight excluding hydrogens is 302 g/mol. The molecule has 0 saturated carbocycles. The van der Waals surface area contributed by atoms with Crippen LogP contribution in [0.15, 0.2) is 53.4 Å². The Morgan fingerprint density at radius 1 is 1.17 bits per heavy atom. The van der Waals surface area contributed by atoms with Crippen molar-refractivity contribution < 1.29 is 4.79 Å². The van der Waals surface area contributed by atoms with Crippen LogP contribution in [0.4, 0.5) is 0 Å². The van der Waals surface area contributed by atoms with E-state index in [0.717, 1.165) is 25.8 Å². The molecule has 0 aliphatic carbocycles. The maximum atomic E-state index is 13.1. The van der Waals surface area contributed by atoms with Crippen LogP contribution < -0.4 is 0 Å². The average Bonchev–Trinajstić information content (AvgIpc) is 3.21. The van der Waals surface area contributed by atoms with Crippen molar-refractivity contribution in [2.75, 3.05) is 6.54 Å². The number of amides is 1. The Labute approximate surface area is 141 Å². The molecule has 2 aromatic rings. The zero-order valence-corrected chi connectivity index (χ0v) is 14.2. The molecule has 2 aliphatic heterocycles. The molecule has 0 aromatic heterocycles. The summed E-state index contributed by atoms with van der Waals surface area (Å²) in [6, 6.07) is 17.3. The van der Waals surface area contributed by atoms with E-state index in [0.29, 0.717) is 5.91 Å². The van der Waals surface area contributed by atoms with Crippen LogP contribution in [0, 0.1) is 6.92 Å². The summed E-state index contributed by atoms with van der Waals surface area (Å²) >= 11 is 1.75. The van der Waals surface area contributed by atoms with E-state index in [-0.39, 0.29) is 11.3 Å². The van der Waals surface area contributed by atoms with E-state index in [1.54, 1.807) is 11.8 Å². The summed E-state index contributed by atoms with van der Waals surface area (Å²) in [5.74, 6) is 0.315. The van der Waals surface area contributed by atoms with Crippen LogP contribution in [0.1, 0.15) is 35.6 Å². The number of carbonyl (C=O) groups is 1. The Balaban J connectivity index is 1.53. The molecule has 0 N–H and O–H groups in total. The number of carbonyl (C=O) groups excluding carboxylic acids is 1. The number of rotatable bonds is 2. The summed E-state index contributed by atoms with van der Waals surface area (Å²) in [5, 5.41) is 0.0520. The van der Waals surface area contributed by atoms with Gasteiger partial charge < -0.3 is 4.90 Å². The highest BCUT2D eigenvalue weighted by molar-refractivity contribution is 8.01. The number of hydrogen-bond acceptors (Lipinski definition) is 2. The van der Waals surface area contributed by atoms with Gasteiger partial charge in [-0.25, -0.2) is 0 Å². The van der Waals surface area contributed by atoms with Crippen LogP contribution in [0.5, 0.6) is 0 Å². The third kappa shape index (κ3) is 2.78. The van der Waals surface area contributed by atoms with Gasteiger partial charge in [0, 0.05) is 11.4 Å². The fourth-order valence-electron chi connectivity index (χ4n) is 3.71. The maximum absolute atomic E-state index is 13.1. The van der Waals surface area contributed by atoms with Gasteiger partial charge in [-0.3, -0.25) is 4.79 Å². The van der Waals surface area contributed by atoms with Crippen molar-refractivity contribution in [3.63, 3.8) is 0 Å². The van der Waals surface area contributed by atoms with E-state index in [1.165, 1.54) is 21.6 Å². The topological polar surface area (TPSA) is 20.3 Å². The van der Waals surface area contributed by atoms with E-state index >= 15 is 0 Å². The van der Waals surface area contributed by atoms with Crippen molar-refractivity contribution in [2.24, 2.45) is 0 Å². The van der Waals surface area contributed by atoms with Crippen LogP contribution in [0.3, 0.4) is 0 Å². The molecule has 2 aliphatic rings. The second-order valence-electron chi connectivity index (χ2n) is 6.52. The first-order chi connectivity index (χ1) is 11.2. The highest BCUT2D eigenvalue weighted by Gasteiger charge is 2.37. The molecule has 4 rings (SSSR count). The summed E-state index contributed by atoms with van der Waals surface area (Å²) < 4.78 is 0. The fourth-order valence-corrected chi connectivity index (χ4v) is 5.07. The van der Waals surface area contributed by atoms with E-state index in [1.807, 2.05) is 6.07 Å². The third-order valence-corrected chi connectivity index (χ3v) is 6.18. The van der Waals surface area contributed by atoms with Gasteiger partial charge >= 0.3 is 0 Å². The van der Waals surface area contributed by atoms with Gasteiger partial charge in [0.1, 0.15) is 0 Å². The first-order valence-corrected chi connectivity index (χ1v) is 9.22. The Kier molecular flexibility index (Phi) is 3.90. The zero-order chi connectivity index (χ0) is 15.8. The smallest absolute Gasteiger partial charge is 0.236 e. The van der Waals surface area contributed by atoms with Gasteiger partial charge in [-0.1, -0.05) is 48.0 Å². The van der Waals surface area contributed by atoms with Gasteiger partial charge in [0.25, 0.3) is 0 Å². The lowest BCUT2D eigenvalue weighted by Crippen LogP contribution is -2.37. The van der Waals surface area contributed by atoms with Gasteiger partial charge in [-0.05, 0) is 43.4 Å². The van der Waals surface area contributed by atoms with Crippen molar-refractivity contribution in [3.8, 4) is 0 Å². The fraction of sp³-hybridized carbons (Fsp3) is 0.350. The van der Waals surface area contributed by atoms with Gasteiger partial charge in [0.15, 0.2) is 0 Å². The van der Waals surface area contributed by atoms with E-state index in [4.69, 9.17) is 0 Å². The summed E-state index contributed by atoms with van der Waals surface area (Å²) in [5.41, 5.74) is 3.87. The molecule has 1 saturated heterocycles. The Hall–Kier alpha value is -1.74. The number of nitrogens with zero attached hydrogens (tertiary/aromatic N) is 1. The molecule has 118 valence electrons. The first kappa shape index (κ1) is 14.8. The SMILES string of the molecule is Cc1ccc2c(c1)SC(C(=O)N1CCCC1c1ccccc1)C2. The van der Waals surface area contributed by atoms with Crippen molar-refractivity contribution >= 4 is 17.7 Å². The molecule has 3 heteroatoms. The van der Waals surface area contributed by atoms with Crippen LogP contribution in [0.2, 0.25) is 0 Å². The maximum Gasteiger partial charge on any atom is 0.236 e. The molecular formula is C20H21NOS. The van der Waals surface area contributed by atoms with Crippen LogP contribution >= 0.6 is 11.8 Å². The standard InChI is InChI=1S/C20H21NOS/c1-14-9-10-16-13-19(23-18(16)12-14)20(22)21-11-5-8-17(21)15-6-3-2-4-7-15/h2-4,6-7,9-10,12,17,19H,5,8,11,13H2,1H3. The minimum absolute atomic E-state index is 0.0520. The molecule has 1 fully saturated rings. The molecule has 0 spiro atoms. The second kappa shape index (κ2) is 6.04. The number of benzene rings is 2. The largest absolute Gasteiger partial charge is 0.335 e. The normalized spacial score (nSPS) is 23.1. The molecule has 2 unspecified atom stereocenters. The lowest BCUT2D eigenvalue weighted by atomic mass is 10.0. The minimum atomic E-state index is 0.0520. The summed E-state index contributed by atoms with van der Waals surface area (Å²) in [6.07, 6.45) is 3.06. The van der Waals surface area contributed by atoms with Crippen molar-refractivity contribution in [1.82, 2.24) is 4.90 Å². The minimum Gasteiger partial charge on any atom is -0.335 e. The number of aryl methyl sites for hydroxylation is 1. The molecule has 2 nitrogen and oxygen atoms in total. The Morgan fingerprint density at radius 3 is 2.83 bits per heavy atom. The predicted molar refractivity (Wildman–Crippen MR) is 94.7 cm³/mol. The monoisotopic (exact) mass is 323 g/mol. The second-order valence-corrected chi connectivity index (χ2v) is 7.77. The predicted octanol–water partition coefficient (Wildman–Crippen LogP) is 4.38. The van der Waals surface area contributed by atoms with E-state index < -0.39 is 0 Å². The number of fused-ring (bicyclic) bond motifs is 1. The summed E-state index contributed by atoms with van der Waals surface area (Å²) in [6.45, 7) is 3.01. The molecule has 23 heavy (non-hydrogen) atoms. The highest BCUT2D eigenvalue weighted by Crippen LogP contribution is 2.41. The van der Waals surface area contributed by atoms with Gasteiger partial charge in [-0.15, -0.1) is 11.8 Å². The van der Waals surface area contributed by atoms with Crippen molar-refractivity contribution in [3.05, 3.63) is 65.2 Å². The Bertz CT molecular complexity index is 728. The van der Waals surface area contributed by atoms with E-state index in [2.05, 4.69) is 54.3 Å². The summed E-state index contributed by atoms with van der Waals surface area (Å²) in [7, 11) is 0. The molecule has 2 atom stereocenters. The van der Waals surface area contributed by atoms with Crippen molar-refractivity contribution in [2.45, 2.75) is 42.4 Å². The quantitative estimate of drug-likeness (QED) is 0.817. The van der Waals surface area contributed by atoms with Gasteiger partial charge in [-0.2, -0.15) is 0 Å². The number of likely N-dealkylation sites (tertiary alicyclic amines) is 1. The Morgan fingerprint density at radius 2 is 2.00 bits per heavy atom. The average molecular weight is 323 g/mol. The third-order valence-electron chi connectivity index (χ3n) is 4.89. The number of thioether (sulfide) groups is 1. The van der Waals surface area contributed by atoms with Gasteiger partial charge in [0.2, 0.25) is 5.91 Å². The molecule has 2 heterocycles. The highest BCUT2D eigenvalue weighted by atomic mass is 32.2. The molecule has 0 bridgehead atoms. The molecule has 2 aromatic carbocycles. The summed E-state index contributed by atoms with van der Waals surface area (Å²) in [4.78, 5) is 16.5. The zero-order valence-electron chi connectivity index (χ0n) is 13.4. The lowest BCUT2D eigenvalue weighted by molar-refractivity contribution is -0.131. The first-order valence-electron chi connectivity index (χ1n) is 8.34. The molecule has 1 amide bonds. The van der Waals surface area contributed by atoms with Gasteiger partial charge in [0.05, 0.1) is 11.3 Å². The lowest BCUT2D eigenvalue weighted by Gasteiger charge is -2.27. The number of hydrogen-bond donors (Lipinski definition) is 0.